The first-order chi connectivity index (χ1) is 15.6. The van der Waals surface area contributed by atoms with Crippen LogP contribution in [0.15, 0.2) is 18.2 Å². The SMILES string of the molecule is CC(C)C[C@H](CC(=O)CNC(=O)c1cc(Cl)ccc1Cl)B1OC(=O)[C@@H]2CC[C@@H](C(=O)O1)N2C. The molecule has 2 saturated heterocycles. The van der Waals surface area contributed by atoms with Crippen molar-refractivity contribution in [2.24, 2.45) is 5.92 Å². The summed E-state index contributed by atoms with van der Waals surface area (Å²) in [6.07, 6.45) is 1.51. The third kappa shape index (κ3) is 6.28. The quantitative estimate of drug-likeness (QED) is 0.551. The number of nitrogens with one attached hydrogen (secondary N) is 1. The zero-order valence-electron chi connectivity index (χ0n) is 18.8. The maximum atomic E-state index is 12.7. The Morgan fingerprint density at radius 2 is 1.76 bits per heavy atom. The lowest BCUT2D eigenvalue weighted by Crippen LogP contribution is -2.50. The van der Waals surface area contributed by atoms with Crippen LogP contribution in [-0.4, -0.2) is 61.3 Å². The van der Waals surface area contributed by atoms with Gasteiger partial charge in [-0.3, -0.25) is 24.1 Å². The number of likely N-dealkylation sites (N-methyl/N-ethyl adjacent to an activating group) is 1. The van der Waals surface area contributed by atoms with Crippen molar-refractivity contribution in [3.05, 3.63) is 33.8 Å². The van der Waals surface area contributed by atoms with Crippen LogP contribution in [0.2, 0.25) is 15.9 Å². The van der Waals surface area contributed by atoms with E-state index in [1.54, 1.807) is 18.0 Å². The highest BCUT2D eigenvalue weighted by atomic mass is 35.5. The molecule has 1 N–H and O–H groups in total. The monoisotopic (exact) mass is 496 g/mol. The van der Waals surface area contributed by atoms with Crippen molar-refractivity contribution in [3.63, 3.8) is 0 Å². The third-order valence-corrected chi connectivity index (χ3v) is 6.54. The van der Waals surface area contributed by atoms with Crippen LogP contribution in [0.5, 0.6) is 0 Å². The zero-order chi connectivity index (χ0) is 24.3. The topological polar surface area (TPSA) is 102 Å². The maximum absolute atomic E-state index is 12.7. The molecule has 0 aliphatic carbocycles. The normalized spacial score (nSPS) is 21.8. The highest BCUT2D eigenvalue weighted by molar-refractivity contribution is 6.51. The predicted molar refractivity (Wildman–Crippen MR) is 124 cm³/mol. The van der Waals surface area contributed by atoms with Gasteiger partial charge in [-0.1, -0.05) is 37.0 Å². The van der Waals surface area contributed by atoms with Crippen LogP contribution in [0.3, 0.4) is 0 Å². The lowest BCUT2D eigenvalue weighted by atomic mass is 9.65. The van der Waals surface area contributed by atoms with E-state index in [1.165, 1.54) is 12.1 Å². The van der Waals surface area contributed by atoms with Gasteiger partial charge >= 0.3 is 19.1 Å². The minimum absolute atomic E-state index is 0.0296. The number of halogens is 2. The second-order valence-electron chi connectivity index (χ2n) is 8.96. The standard InChI is InChI=1S/C22H27BCl2N2O6/c1-12(2)8-13(23-32-21(30)18-6-7-19(27(18)3)22(31)33-23)9-15(28)11-26-20(29)16-10-14(24)4-5-17(16)25/h4-5,10,12-13,18-19H,6-9,11H2,1-3H3,(H,26,29)/t13-,18+,19+/m1/s1. The second kappa shape index (κ2) is 10.9. The van der Waals surface area contributed by atoms with Gasteiger partial charge in [0.05, 0.1) is 17.1 Å². The number of nitrogens with zero attached hydrogens (tertiary/aromatic N) is 1. The van der Waals surface area contributed by atoms with E-state index < -0.39 is 42.9 Å². The second-order valence-corrected chi connectivity index (χ2v) is 9.80. The first kappa shape index (κ1) is 25.5. The van der Waals surface area contributed by atoms with Gasteiger partial charge < -0.3 is 14.6 Å². The molecule has 2 aliphatic heterocycles. The Morgan fingerprint density at radius 3 is 2.33 bits per heavy atom. The van der Waals surface area contributed by atoms with Gasteiger partial charge in [0.2, 0.25) is 0 Å². The highest BCUT2D eigenvalue weighted by Crippen LogP contribution is 2.32. The zero-order valence-corrected chi connectivity index (χ0v) is 20.3. The Morgan fingerprint density at radius 1 is 1.15 bits per heavy atom. The number of Topliss-reactive ketones (excluding diaryl/α,β-unsaturated/α-hetero) is 1. The lowest BCUT2D eigenvalue weighted by Gasteiger charge is -2.31. The van der Waals surface area contributed by atoms with Gasteiger partial charge in [0, 0.05) is 17.3 Å². The molecule has 1 aromatic carbocycles. The summed E-state index contributed by atoms with van der Waals surface area (Å²) >= 11 is 12.0. The fourth-order valence-electron chi connectivity index (χ4n) is 4.32. The average molecular weight is 497 g/mol. The molecule has 0 radical (unpaired) electrons. The Balaban J connectivity index is 1.66. The number of carbonyl (C=O) groups excluding carboxylic acids is 4. The number of amides is 1. The summed E-state index contributed by atoms with van der Waals surface area (Å²) in [6.45, 7) is 3.67. The molecule has 1 amide bonds. The van der Waals surface area contributed by atoms with Gasteiger partial charge in [-0.2, -0.15) is 0 Å². The summed E-state index contributed by atoms with van der Waals surface area (Å²) in [6, 6.07) is 3.49. The van der Waals surface area contributed by atoms with Crippen molar-refractivity contribution in [1.29, 1.82) is 0 Å². The molecule has 0 unspecified atom stereocenters. The number of ketones is 1. The third-order valence-electron chi connectivity index (χ3n) is 5.97. The summed E-state index contributed by atoms with van der Waals surface area (Å²) in [5.41, 5.74) is 0.165. The molecule has 2 bridgehead atoms. The van der Waals surface area contributed by atoms with Crippen molar-refractivity contribution in [3.8, 4) is 0 Å². The van der Waals surface area contributed by atoms with Crippen molar-refractivity contribution >= 4 is 53.9 Å². The molecular weight excluding hydrogens is 470 g/mol. The van der Waals surface area contributed by atoms with E-state index in [0.717, 1.165) is 0 Å². The summed E-state index contributed by atoms with van der Waals surface area (Å²) in [7, 11) is 0.557. The summed E-state index contributed by atoms with van der Waals surface area (Å²) in [5.74, 6) is -2.10. The van der Waals surface area contributed by atoms with Crippen LogP contribution in [-0.2, 0) is 23.7 Å². The van der Waals surface area contributed by atoms with Crippen LogP contribution in [0.25, 0.3) is 0 Å². The number of benzene rings is 1. The Kier molecular flexibility index (Phi) is 8.42. The van der Waals surface area contributed by atoms with E-state index in [1.807, 2.05) is 13.8 Å². The minimum atomic E-state index is -1.15. The molecule has 0 saturated carbocycles. The molecule has 2 heterocycles. The highest BCUT2D eigenvalue weighted by Gasteiger charge is 2.49. The summed E-state index contributed by atoms with van der Waals surface area (Å²) < 4.78 is 11.1. The van der Waals surface area contributed by atoms with Gasteiger partial charge in [-0.25, -0.2) is 0 Å². The smallest absolute Gasteiger partial charge is 0.498 e. The van der Waals surface area contributed by atoms with Crippen molar-refractivity contribution < 1.29 is 28.5 Å². The number of rotatable bonds is 8. The largest absolute Gasteiger partial charge is 0.602 e. The van der Waals surface area contributed by atoms with Gasteiger partial charge in [-0.15, -0.1) is 0 Å². The van der Waals surface area contributed by atoms with E-state index in [0.29, 0.717) is 24.3 Å². The Hall–Kier alpha value is -2.10. The van der Waals surface area contributed by atoms with E-state index >= 15 is 0 Å². The number of hydrogen-bond acceptors (Lipinski definition) is 7. The number of hydrogen-bond donors (Lipinski definition) is 1. The first-order valence-corrected chi connectivity index (χ1v) is 11.7. The molecular formula is C22H27BCl2N2O6. The number of fused-ring (bicyclic) bond motifs is 2. The number of carbonyl (C=O) groups is 4. The lowest BCUT2D eigenvalue weighted by molar-refractivity contribution is -0.151. The Bertz CT molecular complexity index is 917. The van der Waals surface area contributed by atoms with Crippen molar-refractivity contribution in [2.45, 2.75) is 57.4 Å². The molecule has 0 aromatic heterocycles. The summed E-state index contributed by atoms with van der Waals surface area (Å²) in [4.78, 5) is 52.1. The van der Waals surface area contributed by atoms with Gasteiger partial charge in [0.1, 0.15) is 12.1 Å². The molecule has 2 aliphatic rings. The van der Waals surface area contributed by atoms with Gasteiger partial charge in [0.25, 0.3) is 5.91 Å². The minimum Gasteiger partial charge on any atom is -0.498 e. The molecule has 0 spiro atoms. The molecule has 178 valence electrons. The fourth-order valence-corrected chi connectivity index (χ4v) is 4.69. The van der Waals surface area contributed by atoms with Crippen LogP contribution in [0, 0.1) is 5.92 Å². The van der Waals surface area contributed by atoms with Gasteiger partial charge in [-0.05, 0) is 50.4 Å². The Labute approximate surface area is 203 Å². The molecule has 1 aromatic rings. The van der Waals surface area contributed by atoms with Crippen molar-refractivity contribution in [1.82, 2.24) is 10.2 Å². The van der Waals surface area contributed by atoms with E-state index in [4.69, 9.17) is 32.5 Å². The van der Waals surface area contributed by atoms with Crippen LogP contribution in [0.4, 0.5) is 0 Å². The van der Waals surface area contributed by atoms with E-state index in [9.17, 15) is 19.2 Å². The molecule has 8 nitrogen and oxygen atoms in total. The average Bonchev–Trinajstić information content (AvgIpc) is 3.15. The van der Waals surface area contributed by atoms with Crippen LogP contribution >= 0.6 is 23.2 Å². The van der Waals surface area contributed by atoms with Gasteiger partial charge in [0.15, 0.2) is 5.78 Å². The maximum Gasteiger partial charge on any atom is 0.602 e. The summed E-state index contributed by atoms with van der Waals surface area (Å²) in [5, 5.41) is 3.11. The van der Waals surface area contributed by atoms with Crippen molar-refractivity contribution in [2.75, 3.05) is 13.6 Å². The fraction of sp³-hybridized carbons (Fsp3) is 0.545. The van der Waals surface area contributed by atoms with Crippen LogP contribution in [0.1, 0.15) is 49.9 Å². The van der Waals surface area contributed by atoms with Crippen LogP contribution < -0.4 is 5.32 Å². The molecule has 2 fully saturated rings. The van der Waals surface area contributed by atoms with E-state index in [2.05, 4.69) is 5.32 Å². The molecule has 3 atom stereocenters. The first-order valence-electron chi connectivity index (χ1n) is 10.9. The molecule has 3 rings (SSSR count). The predicted octanol–water partition coefficient (Wildman–Crippen LogP) is 3.15. The molecule has 33 heavy (non-hydrogen) atoms. The molecule has 11 heteroatoms. The van der Waals surface area contributed by atoms with E-state index in [-0.39, 0.29) is 35.3 Å².